The van der Waals surface area contributed by atoms with Crippen molar-refractivity contribution < 1.29 is 4.74 Å². The molecule has 112 valence electrons. The normalized spacial score (nSPS) is 11.5. The van der Waals surface area contributed by atoms with Crippen LogP contribution in [-0.2, 0) is 12.0 Å². The van der Waals surface area contributed by atoms with Crippen molar-refractivity contribution in [1.29, 1.82) is 0 Å². The molecule has 2 N–H and O–H groups in total. The molecule has 0 aliphatic heterocycles. The number of nitrogens with two attached hydrogens (primary N) is 1. The van der Waals surface area contributed by atoms with Gasteiger partial charge >= 0.3 is 0 Å². The zero-order valence-electron chi connectivity index (χ0n) is 13.0. The van der Waals surface area contributed by atoms with E-state index in [1.165, 1.54) is 0 Å². The van der Waals surface area contributed by atoms with Gasteiger partial charge in [-0.3, -0.25) is 0 Å². The molecule has 21 heavy (non-hydrogen) atoms. The van der Waals surface area contributed by atoms with Gasteiger partial charge in [0.15, 0.2) is 0 Å². The third-order valence-corrected chi connectivity index (χ3v) is 3.93. The average Bonchev–Trinajstić information content (AvgIpc) is 2.46. The van der Waals surface area contributed by atoms with Gasteiger partial charge < -0.3 is 10.5 Å². The van der Waals surface area contributed by atoms with Gasteiger partial charge in [-0.2, -0.15) is 0 Å². The highest BCUT2D eigenvalue weighted by atomic mass is 32.2. The summed E-state index contributed by atoms with van der Waals surface area (Å²) in [5.41, 5.74) is 7.78. The number of benzene rings is 1. The van der Waals surface area contributed by atoms with Crippen molar-refractivity contribution in [2.45, 2.75) is 37.6 Å². The maximum atomic E-state index is 5.99. The van der Waals surface area contributed by atoms with Gasteiger partial charge in [-0.25, -0.2) is 4.98 Å². The van der Waals surface area contributed by atoms with Crippen molar-refractivity contribution in [2.75, 3.05) is 6.26 Å². The molecule has 0 amide bonds. The van der Waals surface area contributed by atoms with Crippen LogP contribution in [0, 0.1) is 0 Å². The molecule has 0 saturated heterocycles. The molecule has 0 unspecified atom stereocenters. The predicted molar refractivity (Wildman–Crippen MR) is 89.1 cm³/mol. The molecule has 0 spiro atoms. The van der Waals surface area contributed by atoms with E-state index in [1.54, 1.807) is 11.8 Å². The van der Waals surface area contributed by atoms with Crippen molar-refractivity contribution in [2.24, 2.45) is 5.73 Å². The average molecular weight is 302 g/mol. The Morgan fingerprint density at radius 3 is 2.52 bits per heavy atom. The van der Waals surface area contributed by atoms with Gasteiger partial charge in [0.05, 0.1) is 5.69 Å². The Morgan fingerprint density at radius 1 is 1.19 bits per heavy atom. The van der Waals surface area contributed by atoms with Crippen LogP contribution >= 0.6 is 11.8 Å². The summed E-state index contributed by atoms with van der Waals surface area (Å²) in [6.45, 7) is 6.88. The van der Waals surface area contributed by atoms with E-state index in [0.29, 0.717) is 12.4 Å². The first-order valence-corrected chi connectivity index (χ1v) is 8.19. The molecule has 0 bridgehead atoms. The summed E-state index contributed by atoms with van der Waals surface area (Å²) in [7, 11) is 0. The molecule has 2 rings (SSSR count). The molecule has 3 nitrogen and oxygen atoms in total. The summed E-state index contributed by atoms with van der Waals surface area (Å²) in [4.78, 5) is 5.73. The third-order valence-electron chi connectivity index (χ3n) is 3.15. The van der Waals surface area contributed by atoms with E-state index in [9.17, 15) is 0 Å². The van der Waals surface area contributed by atoms with E-state index >= 15 is 0 Å². The Morgan fingerprint density at radius 2 is 1.90 bits per heavy atom. The van der Waals surface area contributed by atoms with E-state index in [2.05, 4.69) is 25.8 Å². The van der Waals surface area contributed by atoms with Crippen LogP contribution in [0.25, 0.3) is 0 Å². The summed E-state index contributed by atoms with van der Waals surface area (Å²) < 4.78 is 5.99. The van der Waals surface area contributed by atoms with Gasteiger partial charge in [0.25, 0.3) is 0 Å². The van der Waals surface area contributed by atoms with Crippen molar-refractivity contribution >= 4 is 11.8 Å². The zero-order chi connectivity index (χ0) is 15.5. The number of nitrogens with zero attached hydrogens (tertiary/aromatic N) is 1. The summed E-state index contributed by atoms with van der Waals surface area (Å²) in [5, 5.41) is 0. The van der Waals surface area contributed by atoms with Crippen LogP contribution in [0.5, 0.6) is 11.6 Å². The van der Waals surface area contributed by atoms with Crippen LogP contribution in [0.2, 0.25) is 0 Å². The zero-order valence-corrected chi connectivity index (χ0v) is 13.8. The molecule has 4 heteroatoms. The molecule has 0 atom stereocenters. The number of thioether (sulfide) groups is 1. The van der Waals surface area contributed by atoms with E-state index in [-0.39, 0.29) is 5.41 Å². The minimum atomic E-state index is -0.0394. The second kappa shape index (κ2) is 6.50. The first-order chi connectivity index (χ1) is 9.94. The number of aromatic nitrogens is 1. The Bertz CT molecular complexity index is 620. The lowest BCUT2D eigenvalue weighted by atomic mass is 9.91. The summed E-state index contributed by atoms with van der Waals surface area (Å²) in [6, 6.07) is 11.9. The third kappa shape index (κ3) is 3.99. The first-order valence-electron chi connectivity index (χ1n) is 6.96. The summed E-state index contributed by atoms with van der Waals surface area (Å²) >= 11 is 1.66. The number of hydrogen-bond donors (Lipinski definition) is 1. The fourth-order valence-corrected chi connectivity index (χ4v) is 2.45. The van der Waals surface area contributed by atoms with Crippen molar-refractivity contribution in [3.05, 3.63) is 47.7 Å². The Hall–Kier alpha value is -1.52. The fourth-order valence-electron chi connectivity index (χ4n) is 1.93. The summed E-state index contributed by atoms with van der Waals surface area (Å²) in [5.74, 6) is 1.43. The van der Waals surface area contributed by atoms with Crippen molar-refractivity contribution in [3.8, 4) is 11.6 Å². The van der Waals surface area contributed by atoms with Crippen LogP contribution in [0.3, 0.4) is 0 Å². The Labute approximate surface area is 130 Å². The number of pyridine rings is 1. The SMILES string of the molecule is CSc1ccccc1Oc1cc(CN)cc(C(C)(C)C)n1. The number of para-hydroxylation sites is 1. The van der Waals surface area contributed by atoms with Crippen molar-refractivity contribution in [3.63, 3.8) is 0 Å². The number of rotatable bonds is 4. The van der Waals surface area contributed by atoms with Gasteiger partial charge in [-0.1, -0.05) is 32.9 Å². The highest BCUT2D eigenvalue weighted by Crippen LogP contribution is 2.32. The van der Waals surface area contributed by atoms with E-state index in [4.69, 9.17) is 10.5 Å². The predicted octanol–water partition coefficient (Wildman–Crippen LogP) is 4.35. The number of hydrogen-bond acceptors (Lipinski definition) is 4. The topological polar surface area (TPSA) is 48.1 Å². The molecular formula is C17H22N2OS. The highest BCUT2D eigenvalue weighted by Gasteiger charge is 2.18. The molecule has 0 aliphatic rings. The first kappa shape index (κ1) is 15.9. The molecular weight excluding hydrogens is 280 g/mol. The Balaban J connectivity index is 2.39. The largest absolute Gasteiger partial charge is 0.438 e. The van der Waals surface area contributed by atoms with Crippen LogP contribution in [0.15, 0.2) is 41.3 Å². The van der Waals surface area contributed by atoms with Gasteiger partial charge in [-0.15, -0.1) is 11.8 Å². The molecule has 1 aromatic heterocycles. The molecule has 0 fully saturated rings. The van der Waals surface area contributed by atoms with Crippen LogP contribution in [0.1, 0.15) is 32.0 Å². The lowest BCUT2D eigenvalue weighted by molar-refractivity contribution is 0.441. The lowest BCUT2D eigenvalue weighted by Gasteiger charge is -2.20. The van der Waals surface area contributed by atoms with Crippen molar-refractivity contribution in [1.82, 2.24) is 4.98 Å². The maximum Gasteiger partial charge on any atom is 0.219 e. The molecule has 1 heterocycles. The van der Waals surface area contributed by atoms with Gasteiger partial charge in [0.1, 0.15) is 5.75 Å². The second-order valence-corrected chi connectivity index (χ2v) is 6.75. The minimum absolute atomic E-state index is 0.0394. The molecule has 2 aromatic rings. The van der Waals surface area contributed by atoms with E-state index in [1.807, 2.05) is 42.7 Å². The van der Waals surface area contributed by atoms with Gasteiger partial charge in [0.2, 0.25) is 5.88 Å². The van der Waals surface area contributed by atoms with Gasteiger partial charge in [0, 0.05) is 22.9 Å². The summed E-state index contributed by atoms with van der Waals surface area (Å²) in [6.07, 6.45) is 2.03. The highest BCUT2D eigenvalue weighted by molar-refractivity contribution is 7.98. The van der Waals surface area contributed by atoms with Crippen LogP contribution in [0.4, 0.5) is 0 Å². The molecule has 0 saturated carbocycles. The smallest absolute Gasteiger partial charge is 0.219 e. The number of ether oxygens (including phenoxy) is 1. The van der Waals surface area contributed by atoms with E-state index < -0.39 is 0 Å². The minimum Gasteiger partial charge on any atom is -0.438 e. The van der Waals surface area contributed by atoms with Crippen LogP contribution < -0.4 is 10.5 Å². The second-order valence-electron chi connectivity index (χ2n) is 5.91. The lowest BCUT2D eigenvalue weighted by Crippen LogP contribution is -2.15. The molecule has 1 aromatic carbocycles. The quantitative estimate of drug-likeness (QED) is 0.853. The van der Waals surface area contributed by atoms with E-state index in [0.717, 1.165) is 21.9 Å². The fraction of sp³-hybridized carbons (Fsp3) is 0.353. The van der Waals surface area contributed by atoms with Gasteiger partial charge in [-0.05, 0) is 30.0 Å². The molecule has 0 radical (unpaired) electrons. The Kier molecular flexibility index (Phi) is 4.91. The van der Waals surface area contributed by atoms with Crippen LogP contribution in [-0.4, -0.2) is 11.2 Å². The monoisotopic (exact) mass is 302 g/mol. The maximum absolute atomic E-state index is 5.99. The molecule has 0 aliphatic carbocycles. The standard InChI is InChI=1S/C17H22N2OS/c1-17(2,3)15-9-12(11-18)10-16(19-15)20-13-7-5-6-8-14(13)21-4/h5-10H,11,18H2,1-4H3.